The van der Waals surface area contributed by atoms with Gasteiger partial charge in [-0.05, 0) is 32.4 Å². The molecule has 0 radical (unpaired) electrons. The monoisotopic (exact) mass is 260 g/mol. The second-order valence-corrected chi connectivity index (χ2v) is 4.93. The zero-order chi connectivity index (χ0) is 12.3. The number of nitrogens with zero attached hydrogens (tertiary/aromatic N) is 1. The predicted molar refractivity (Wildman–Crippen MR) is 73.6 cm³/mol. The molecule has 1 rings (SSSR count). The van der Waals surface area contributed by atoms with E-state index in [1.54, 1.807) is 6.07 Å². The van der Waals surface area contributed by atoms with E-state index in [0.29, 0.717) is 21.8 Å². The maximum absolute atomic E-state index is 6.02. The van der Waals surface area contributed by atoms with Gasteiger partial charge in [-0.1, -0.05) is 30.1 Å². The maximum Gasteiger partial charge on any atom is 0.0618 e. The van der Waals surface area contributed by atoms with Gasteiger partial charge in [-0.25, -0.2) is 0 Å². The van der Waals surface area contributed by atoms with E-state index in [1.807, 2.05) is 6.07 Å². The second kappa shape index (κ2) is 5.65. The standard InChI is InChI=1S/C12H18Cl2N2/c1-4-5-16(8(2)3)12-7-10(14)9(13)6-11(12)15/h6-8H,4-5,15H2,1-3H3. The van der Waals surface area contributed by atoms with Crippen molar-refractivity contribution in [1.29, 1.82) is 0 Å². The van der Waals surface area contributed by atoms with Gasteiger partial charge in [-0.3, -0.25) is 0 Å². The summed E-state index contributed by atoms with van der Waals surface area (Å²) in [6.45, 7) is 7.37. The van der Waals surface area contributed by atoms with E-state index in [2.05, 4.69) is 25.7 Å². The van der Waals surface area contributed by atoms with Crippen LogP contribution in [0.2, 0.25) is 10.0 Å². The van der Waals surface area contributed by atoms with E-state index in [-0.39, 0.29) is 0 Å². The van der Waals surface area contributed by atoms with Crippen molar-refractivity contribution in [3.05, 3.63) is 22.2 Å². The Balaban J connectivity index is 3.13. The maximum atomic E-state index is 6.02. The molecule has 0 unspecified atom stereocenters. The fourth-order valence-corrected chi connectivity index (χ4v) is 2.03. The molecule has 0 amide bonds. The first kappa shape index (κ1) is 13.5. The van der Waals surface area contributed by atoms with Gasteiger partial charge in [0.2, 0.25) is 0 Å². The number of rotatable bonds is 4. The Kier molecular flexibility index (Phi) is 4.75. The zero-order valence-corrected chi connectivity index (χ0v) is 11.4. The molecule has 90 valence electrons. The van der Waals surface area contributed by atoms with Crippen LogP contribution in [0.15, 0.2) is 12.1 Å². The zero-order valence-electron chi connectivity index (χ0n) is 9.93. The third-order valence-electron chi connectivity index (χ3n) is 2.47. The molecule has 4 heteroatoms. The SMILES string of the molecule is CCCN(c1cc(Cl)c(Cl)cc1N)C(C)C. The van der Waals surface area contributed by atoms with Crippen LogP contribution in [0.4, 0.5) is 11.4 Å². The Morgan fingerprint density at radius 3 is 2.31 bits per heavy atom. The summed E-state index contributed by atoms with van der Waals surface area (Å²) < 4.78 is 0. The van der Waals surface area contributed by atoms with Gasteiger partial charge >= 0.3 is 0 Å². The average molecular weight is 261 g/mol. The third kappa shape index (κ3) is 2.96. The molecule has 2 nitrogen and oxygen atoms in total. The van der Waals surface area contributed by atoms with E-state index in [1.165, 1.54) is 0 Å². The minimum atomic E-state index is 0.388. The first-order chi connectivity index (χ1) is 7.47. The van der Waals surface area contributed by atoms with Crippen molar-refractivity contribution in [2.75, 3.05) is 17.2 Å². The van der Waals surface area contributed by atoms with Crippen LogP contribution in [-0.4, -0.2) is 12.6 Å². The van der Waals surface area contributed by atoms with Crippen LogP contribution < -0.4 is 10.6 Å². The summed E-state index contributed by atoms with van der Waals surface area (Å²) in [5.41, 5.74) is 7.62. The molecule has 1 aromatic carbocycles. The molecular weight excluding hydrogens is 243 g/mol. The van der Waals surface area contributed by atoms with E-state index in [9.17, 15) is 0 Å². The lowest BCUT2D eigenvalue weighted by molar-refractivity contribution is 0.672. The molecule has 0 saturated carbocycles. The summed E-state index contributed by atoms with van der Waals surface area (Å²) >= 11 is 11.9. The minimum Gasteiger partial charge on any atom is -0.397 e. The van der Waals surface area contributed by atoms with Crippen molar-refractivity contribution in [3.8, 4) is 0 Å². The third-order valence-corrected chi connectivity index (χ3v) is 3.19. The molecule has 0 atom stereocenters. The lowest BCUT2D eigenvalue weighted by Crippen LogP contribution is -2.32. The largest absolute Gasteiger partial charge is 0.397 e. The van der Waals surface area contributed by atoms with Gasteiger partial charge < -0.3 is 10.6 Å². The topological polar surface area (TPSA) is 29.3 Å². The van der Waals surface area contributed by atoms with Crippen LogP contribution >= 0.6 is 23.2 Å². The molecule has 0 aliphatic carbocycles. The molecule has 0 bridgehead atoms. The molecular formula is C12H18Cl2N2. The van der Waals surface area contributed by atoms with Crippen molar-refractivity contribution in [2.24, 2.45) is 0 Å². The van der Waals surface area contributed by atoms with Crippen molar-refractivity contribution in [1.82, 2.24) is 0 Å². The number of nitrogens with two attached hydrogens (primary N) is 1. The molecule has 1 aromatic rings. The normalized spacial score (nSPS) is 10.9. The highest BCUT2D eigenvalue weighted by Crippen LogP contribution is 2.34. The Morgan fingerprint density at radius 1 is 1.25 bits per heavy atom. The van der Waals surface area contributed by atoms with E-state index in [4.69, 9.17) is 28.9 Å². The summed E-state index contributed by atoms with van der Waals surface area (Å²) in [6.07, 6.45) is 1.07. The van der Waals surface area contributed by atoms with Crippen LogP contribution in [0.1, 0.15) is 27.2 Å². The summed E-state index contributed by atoms with van der Waals surface area (Å²) in [6, 6.07) is 3.94. The molecule has 0 spiro atoms. The summed E-state index contributed by atoms with van der Waals surface area (Å²) in [7, 11) is 0. The van der Waals surface area contributed by atoms with Gasteiger partial charge in [0.15, 0.2) is 0 Å². The smallest absolute Gasteiger partial charge is 0.0618 e. The Morgan fingerprint density at radius 2 is 1.81 bits per heavy atom. The van der Waals surface area contributed by atoms with Gasteiger partial charge in [0.25, 0.3) is 0 Å². The number of hydrogen-bond donors (Lipinski definition) is 1. The number of hydrogen-bond acceptors (Lipinski definition) is 2. The van der Waals surface area contributed by atoms with Crippen molar-refractivity contribution >= 4 is 34.6 Å². The lowest BCUT2D eigenvalue weighted by Gasteiger charge is -2.30. The summed E-state index contributed by atoms with van der Waals surface area (Å²) in [5.74, 6) is 0. The highest BCUT2D eigenvalue weighted by molar-refractivity contribution is 6.42. The van der Waals surface area contributed by atoms with Crippen LogP contribution in [0.3, 0.4) is 0 Å². The molecule has 0 fully saturated rings. The van der Waals surface area contributed by atoms with E-state index >= 15 is 0 Å². The highest BCUT2D eigenvalue weighted by atomic mass is 35.5. The summed E-state index contributed by atoms with van der Waals surface area (Å²) in [5, 5.41) is 1.05. The van der Waals surface area contributed by atoms with Gasteiger partial charge in [0.05, 0.1) is 21.4 Å². The van der Waals surface area contributed by atoms with Crippen molar-refractivity contribution in [3.63, 3.8) is 0 Å². The molecule has 0 heterocycles. The minimum absolute atomic E-state index is 0.388. The molecule has 16 heavy (non-hydrogen) atoms. The first-order valence-corrected chi connectivity index (χ1v) is 6.24. The van der Waals surface area contributed by atoms with Crippen LogP contribution in [0, 0.1) is 0 Å². The van der Waals surface area contributed by atoms with Gasteiger partial charge in [-0.2, -0.15) is 0 Å². The van der Waals surface area contributed by atoms with Gasteiger partial charge in [-0.15, -0.1) is 0 Å². The van der Waals surface area contributed by atoms with Crippen LogP contribution in [-0.2, 0) is 0 Å². The Bertz CT molecular complexity index is 364. The summed E-state index contributed by atoms with van der Waals surface area (Å²) in [4.78, 5) is 2.23. The highest BCUT2D eigenvalue weighted by Gasteiger charge is 2.14. The van der Waals surface area contributed by atoms with Crippen molar-refractivity contribution in [2.45, 2.75) is 33.2 Å². The number of anilines is 2. The van der Waals surface area contributed by atoms with E-state index in [0.717, 1.165) is 18.7 Å². The molecule has 0 aromatic heterocycles. The quantitative estimate of drug-likeness (QED) is 0.823. The van der Waals surface area contributed by atoms with E-state index < -0.39 is 0 Å². The van der Waals surface area contributed by atoms with Crippen molar-refractivity contribution < 1.29 is 0 Å². The second-order valence-electron chi connectivity index (χ2n) is 4.11. The molecule has 0 aliphatic rings. The van der Waals surface area contributed by atoms with Crippen LogP contribution in [0.5, 0.6) is 0 Å². The number of benzene rings is 1. The van der Waals surface area contributed by atoms with Crippen LogP contribution in [0.25, 0.3) is 0 Å². The first-order valence-electron chi connectivity index (χ1n) is 5.48. The van der Waals surface area contributed by atoms with Gasteiger partial charge in [0.1, 0.15) is 0 Å². The average Bonchev–Trinajstić information content (AvgIpc) is 2.20. The Hall–Kier alpha value is -0.600. The predicted octanol–water partition coefficient (Wildman–Crippen LogP) is 4.20. The fourth-order valence-electron chi connectivity index (χ4n) is 1.70. The number of halogens is 2. The fraction of sp³-hybridized carbons (Fsp3) is 0.500. The molecule has 0 aliphatic heterocycles. The van der Waals surface area contributed by atoms with Gasteiger partial charge in [0, 0.05) is 12.6 Å². The number of nitrogen functional groups attached to an aromatic ring is 1. The molecule has 2 N–H and O–H groups in total. The molecule has 0 saturated heterocycles. The Labute approximate surface area is 107 Å². The lowest BCUT2D eigenvalue weighted by atomic mass is 10.2.